The van der Waals surface area contributed by atoms with Crippen LogP contribution in [0, 0.1) is 17.0 Å². The fraction of sp³-hybridized carbons (Fsp3) is 0.238. The number of nitrogens with zero attached hydrogens (tertiary/aromatic N) is 4. The maximum Gasteiger partial charge on any atom is 0.359 e. The van der Waals surface area contributed by atoms with Gasteiger partial charge in [0.2, 0.25) is 5.78 Å². The van der Waals surface area contributed by atoms with Crippen molar-refractivity contribution in [1.29, 1.82) is 0 Å². The van der Waals surface area contributed by atoms with E-state index in [0.717, 1.165) is 5.56 Å². The zero-order valence-electron chi connectivity index (χ0n) is 17.2. The number of rotatable bonds is 8. The van der Waals surface area contributed by atoms with E-state index < -0.39 is 16.7 Å². The number of methoxy groups -OCH3 is 1. The van der Waals surface area contributed by atoms with Crippen molar-refractivity contribution in [3.8, 4) is 5.75 Å². The summed E-state index contributed by atoms with van der Waals surface area (Å²) in [7, 11) is 1.55. The summed E-state index contributed by atoms with van der Waals surface area (Å²) in [5.74, 6) is -0.908. The van der Waals surface area contributed by atoms with Crippen LogP contribution < -0.4 is 4.74 Å². The van der Waals surface area contributed by atoms with E-state index in [1.165, 1.54) is 29.8 Å². The summed E-state index contributed by atoms with van der Waals surface area (Å²) in [6, 6.07) is 11.4. The number of hydrogen-bond donors (Lipinski definition) is 0. The minimum atomic E-state index is -0.792. The maximum absolute atomic E-state index is 13.2. The number of para-hydroxylation sites is 1. The van der Waals surface area contributed by atoms with Crippen LogP contribution in [0.2, 0.25) is 0 Å². The summed E-state index contributed by atoms with van der Waals surface area (Å²) < 4.78 is 11.5. The van der Waals surface area contributed by atoms with Crippen molar-refractivity contribution >= 4 is 17.4 Å². The Morgan fingerprint density at radius 2 is 1.87 bits per heavy atom. The number of esters is 1. The van der Waals surface area contributed by atoms with Gasteiger partial charge in [0, 0.05) is 5.56 Å². The molecule has 0 saturated carbocycles. The van der Waals surface area contributed by atoms with Crippen LogP contribution in [0.5, 0.6) is 5.75 Å². The molecule has 10 heteroatoms. The number of carbonyl (C=O) groups is 2. The van der Waals surface area contributed by atoms with Crippen molar-refractivity contribution in [1.82, 2.24) is 15.0 Å². The number of ketones is 1. The van der Waals surface area contributed by atoms with Crippen molar-refractivity contribution in [3.63, 3.8) is 0 Å². The first-order chi connectivity index (χ1) is 14.9. The molecule has 2 aromatic carbocycles. The molecule has 0 aliphatic rings. The third kappa shape index (κ3) is 4.42. The van der Waals surface area contributed by atoms with Crippen LogP contribution in [-0.2, 0) is 11.3 Å². The van der Waals surface area contributed by atoms with Gasteiger partial charge in [-0.05, 0) is 37.6 Å². The molecular weight excluding hydrogens is 404 g/mol. The molecule has 0 bridgehead atoms. The molecule has 1 aromatic heterocycles. The molecule has 0 unspecified atom stereocenters. The van der Waals surface area contributed by atoms with E-state index in [-0.39, 0.29) is 35.8 Å². The smallest absolute Gasteiger partial charge is 0.359 e. The quantitative estimate of drug-likeness (QED) is 0.234. The normalized spacial score (nSPS) is 10.5. The molecule has 31 heavy (non-hydrogen) atoms. The second kappa shape index (κ2) is 9.16. The Bertz CT molecular complexity index is 1140. The molecule has 0 atom stereocenters. The number of nitro groups is 1. The highest BCUT2D eigenvalue weighted by Gasteiger charge is 2.31. The van der Waals surface area contributed by atoms with E-state index in [1.807, 2.05) is 0 Å². The monoisotopic (exact) mass is 424 g/mol. The van der Waals surface area contributed by atoms with E-state index in [1.54, 1.807) is 38.3 Å². The molecule has 3 aromatic rings. The largest absolute Gasteiger partial charge is 0.497 e. The van der Waals surface area contributed by atoms with Gasteiger partial charge in [0.05, 0.1) is 25.2 Å². The van der Waals surface area contributed by atoms with Gasteiger partial charge in [0.1, 0.15) is 11.3 Å². The third-order valence-corrected chi connectivity index (χ3v) is 4.58. The summed E-state index contributed by atoms with van der Waals surface area (Å²) >= 11 is 0. The number of carbonyl (C=O) groups excluding carboxylic acids is 2. The van der Waals surface area contributed by atoms with E-state index in [9.17, 15) is 19.7 Å². The van der Waals surface area contributed by atoms with E-state index in [0.29, 0.717) is 11.3 Å². The Balaban J connectivity index is 2.07. The number of aromatic nitrogens is 3. The Kier molecular flexibility index (Phi) is 6.39. The Morgan fingerprint density at radius 3 is 2.48 bits per heavy atom. The Morgan fingerprint density at radius 1 is 1.16 bits per heavy atom. The van der Waals surface area contributed by atoms with Gasteiger partial charge in [-0.25, -0.2) is 9.48 Å². The zero-order chi connectivity index (χ0) is 22.5. The topological polar surface area (TPSA) is 126 Å². The predicted molar refractivity (Wildman–Crippen MR) is 109 cm³/mol. The zero-order valence-corrected chi connectivity index (χ0v) is 17.2. The summed E-state index contributed by atoms with van der Waals surface area (Å²) in [5.41, 5.74) is 0.106. The molecule has 0 amide bonds. The van der Waals surface area contributed by atoms with E-state index in [2.05, 4.69) is 10.3 Å². The second-order valence-electron chi connectivity index (χ2n) is 6.57. The van der Waals surface area contributed by atoms with Gasteiger partial charge in [0.25, 0.3) is 5.69 Å². The number of ether oxygens (including phenoxy) is 2. The van der Waals surface area contributed by atoms with Gasteiger partial charge in [-0.15, -0.1) is 5.10 Å². The van der Waals surface area contributed by atoms with Crippen LogP contribution in [0.25, 0.3) is 0 Å². The van der Waals surface area contributed by atoms with Gasteiger partial charge >= 0.3 is 5.97 Å². The van der Waals surface area contributed by atoms with Crippen molar-refractivity contribution < 1.29 is 24.0 Å². The maximum atomic E-state index is 13.2. The molecule has 1 heterocycles. The number of benzene rings is 2. The molecule has 0 aliphatic heterocycles. The highest BCUT2D eigenvalue weighted by atomic mass is 16.6. The van der Waals surface area contributed by atoms with Crippen molar-refractivity contribution in [2.45, 2.75) is 20.4 Å². The van der Waals surface area contributed by atoms with Crippen LogP contribution in [0.15, 0.2) is 42.5 Å². The first-order valence-electron chi connectivity index (χ1n) is 9.39. The molecule has 0 spiro atoms. The summed E-state index contributed by atoms with van der Waals surface area (Å²) in [5, 5.41) is 19.3. The first-order valence-corrected chi connectivity index (χ1v) is 9.39. The van der Waals surface area contributed by atoms with Crippen LogP contribution in [-0.4, -0.2) is 45.4 Å². The minimum absolute atomic E-state index is 0.0742. The SMILES string of the molecule is CCOC(=O)c1c(C(=O)c2cccc(C)c2[N+](=O)[O-])nnn1Cc1ccc(OC)cc1. The van der Waals surface area contributed by atoms with Crippen molar-refractivity contribution in [3.05, 3.63) is 80.7 Å². The van der Waals surface area contributed by atoms with Crippen LogP contribution in [0.3, 0.4) is 0 Å². The Hall–Kier alpha value is -4.08. The Labute approximate surface area is 177 Å². The van der Waals surface area contributed by atoms with Gasteiger partial charge in [0.15, 0.2) is 11.4 Å². The number of nitro benzene ring substituents is 1. The number of aryl methyl sites for hydroxylation is 1. The molecule has 0 saturated heterocycles. The molecule has 0 N–H and O–H groups in total. The standard InChI is InChI=1S/C21H20N4O6/c1-4-31-21(27)19-17(20(26)16-7-5-6-13(2)18(16)25(28)29)22-23-24(19)12-14-8-10-15(30-3)11-9-14/h5-11H,4,12H2,1-3H3. The lowest BCUT2D eigenvalue weighted by atomic mass is 10.0. The lowest BCUT2D eigenvalue weighted by molar-refractivity contribution is -0.385. The fourth-order valence-corrected chi connectivity index (χ4v) is 3.09. The molecular formula is C21H20N4O6. The van der Waals surface area contributed by atoms with Gasteiger partial charge in [-0.3, -0.25) is 14.9 Å². The first kappa shape index (κ1) is 21.6. The molecule has 3 rings (SSSR count). The fourth-order valence-electron chi connectivity index (χ4n) is 3.09. The van der Waals surface area contributed by atoms with Gasteiger partial charge in [-0.1, -0.05) is 29.5 Å². The van der Waals surface area contributed by atoms with Crippen LogP contribution in [0.1, 0.15) is 44.6 Å². The average molecular weight is 424 g/mol. The summed E-state index contributed by atoms with van der Waals surface area (Å²) in [4.78, 5) is 36.7. The van der Waals surface area contributed by atoms with E-state index >= 15 is 0 Å². The van der Waals surface area contributed by atoms with Crippen LogP contribution >= 0.6 is 0 Å². The van der Waals surface area contributed by atoms with Crippen molar-refractivity contribution in [2.75, 3.05) is 13.7 Å². The van der Waals surface area contributed by atoms with Crippen molar-refractivity contribution in [2.24, 2.45) is 0 Å². The third-order valence-electron chi connectivity index (χ3n) is 4.58. The molecule has 0 fully saturated rings. The second-order valence-corrected chi connectivity index (χ2v) is 6.57. The summed E-state index contributed by atoms with van der Waals surface area (Å²) in [6.07, 6.45) is 0. The minimum Gasteiger partial charge on any atom is -0.497 e. The van der Waals surface area contributed by atoms with E-state index in [4.69, 9.17) is 9.47 Å². The van der Waals surface area contributed by atoms with Gasteiger partial charge in [-0.2, -0.15) is 0 Å². The highest BCUT2D eigenvalue weighted by molar-refractivity contribution is 6.14. The molecule has 160 valence electrons. The molecule has 0 aliphatic carbocycles. The van der Waals surface area contributed by atoms with Crippen LogP contribution in [0.4, 0.5) is 5.69 Å². The number of hydrogen-bond acceptors (Lipinski definition) is 8. The lowest BCUT2D eigenvalue weighted by Gasteiger charge is -2.08. The highest BCUT2D eigenvalue weighted by Crippen LogP contribution is 2.26. The lowest BCUT2D eigenvalue weighted by Crippen LogP contribution is -2.18. The van der Waals surface area contributed by atoms with Gasteiger partial charge < -0.3 is 9.47 Å². The summed E-state index contributed by atoms with van der Waals surface area (Å²) in [6.45, 7) is 3.36. The average Bonchev–Trinajstić information content (AvgIpc) is 3.17. The predicted octanol–water partition coefficient (Wildman–Crippen LogP) is 2.96. The molecule has 0 radical (unpaired) electrons. The molecule has 10 nitrogen and oxygen atoms in total.